The normalized spacial score (nSPS) is 75.5. The fourth-order valence-corrected chi connectivity index (χ4v) is 5.05. The second-order valence-corrected chi connectivity index (χ2v) is 5.51. The molecule has 4 aliphatic carbocycles. The minimum Gasteiger partial charge on any atom is -0.0622 e. The van der Waals surface area contributed by atoms with E-state index in [2.05, 4.69) is 6.92 Å². The lowest BCUT2D eigenvalue weighted by molar-refractivity contribution is 0.139. The molecule has 0 heterocycles. The van der Waals surface area contributed by atoms with Gasteiger partial charge in [-0.2, -0.15) is 0 Å². The second-order valence-electron chi connectivity index (χ2n) is 5.51. The lowest BCUT2D eigenvalue weighted by Crippen LogP contribution is -2.27. The Balaban J connectivity index is 1.78. The summed E-state index contributed by atoms with van der Waals surface area (Å²) in [4.78, 5) is 0. The minimum atomic E-state index is 1.11. The van der Waals surface area contributed by atoms with Gasteiger partial charge in [0.05, 0.1) is 0 Å². The van der Waals surface area contributed by atoms with Crippen molar-refractivity contribution in [1.29, 1.82) is 0 Å². The van der Waals surface area contributed by atoms with E-state index in [0.29, 0.717) is 0 Å². The summed E-state index contributed by atoms with van der Waals surface area (Å²) >= 11 is 0. The molecule has 0 heteroatoms. The molecule has 4 aliphatic rings. The Kier molecular flexibility index (Phi) is 0.717. The van der Waals surface area contributed by atoms with Crippen LogP contribution in [0.1, 0.15) is 26.2 Å². The highest BCUT2D eigenvalue weighted by Gasteiger charge is 2.73. The molecule has 11 heavy (non-hydrogen) atoms. The predicted octanol–water partition coefficient (Wildman–Crippen LogP) is 2.54. The van der Waals surface area contributed by atoms with E-state index < -0.39 is 0 Å². The number of hydrogen-bond donors (Lipinski definition) is 0. The SMILES string of the molecule is CC1CC2C3CCC3C3C1C23. The first-order valence-corrected chi connectivity index (χ1v) is 5.38. The molecular weight excluding hydrogens is 132 g/mol. The molecule has 0 aromatic carbocycles. The highest BCUT2D eigenvalue weighted by Crippen LogP contribution is 2.78. The van der Waals surface area contributed by atoms with Crippen LogP contribution in [0.15, 0.2) is 0 Å². The summed E-state index contributed by atoms with van der Waals surface area (Å²) in [6.45, 7) is 2.50. The average Bonchev–Trinajstić information content (AvgIpc) is 2.44. The molecule has 7 atom stereocenters. The van der Waals surface area contributed by atoms with Crippen LogP contribution in [0.3, 0.4) is 0 Å². The van der Waals surface area contributed by atoms with Gasteiger partial charge in [0.25, 0.3) is 0 Å². The molecule has 0 amide bonds. The zero-order valence-electron chi connectivity index (χ0n) is 7.16. The van der Waals surface area contributed by atoms with Crippen molar-refractivity contribution in [3.8, 4) is 0 Å². The fourth-order valence-electron chi connectivity index (χ4n) is 5.05. The van der Waals surface area contributed by atoms with Gasteiger partial charge in [0.1, 0.15) is 0 Å². The molecule has 4 saturated carbocycles. The lowest BCUT2D eigenvalue weighted by atomic mass is 9.70. The van der Waals surface area contributed by atoms with Crippen LogP contribution in [-0.4, -0.2) is 0 Å². The molecule has 0 spiro atoms. The van der Waals surface area contributed by atoms with E-state index in [1.807, 2.05) is 0 Å². The smallest absolute Gasteiger partial charge is 0.0315 e. The Morgan fingerprint density at radius 1 is 0.818 bits per heavy atom. The molecule has 0 saturated heterocycles. The predicted molar refractivity (Wildman–Crippen MR) is 44.0 cm³/mol. The van der Waals surface area contributed by atoms with E-state index in [1.165, 1.54) is 35.5 Å². The third-order valence-electron chi connectivity index (χ3n) is 5.42. The highest BCUT2D eigenvalue weighted by molar-refractivity contribution is 5.20. The van der Waals surface area contributed by atoms with Crippen LogP contribution in [0.4, 0.5) is 0 Å². The maximum Gasteiger partial charge on any atom is -0.0315 e. The van der Waals surface area contributed by atoms with Gasteiger partial charge in [0.15, 0.2) is 0 Å². The van der Waals surface area contributed by atoms with Gasteiger partial charge in [-0.25, -0.2) is 0 Å². The van der Waals surface area contributed by atoms with E-state index in [-0.39, 0.29) is 0 Å². The second kappa shape index (κ2) is 1.41. The molecule has 4 fully saturated rings. The topological polar surface area (TPSA) is 0 Å². The van der Waals surface area contributed by atoms with Crippen LogP contribution in [0.2, 0.25) is 0 Å². The Bertz CT molecular complexity index is 209. The molecule has 4 rings (SSSR count). The molecule has 0 bridgehead atoms. The molecule has 0 N–H and O–H groups in total. The van der Waals surface area contributed by atoms with Gasteiger partial charge < -0.3 is 0 Å². The quantitative estimate of drug-likeness (QED) is 0.495. The van der Waals surface area contributed by atoms with E-state index in [0.717, 1.165) is 5.92 Å². The van der Waals surface area contributed by atoms with Crippen molar-refractivity contribution in [3.05, 3.63) is 0 Å². The summed E-state index contributed by atoms with van der Waals surface area (Å²) in [7, 11) is 0. The molecule has 0 radical (unpaired) electrons. The summed E-state index contributed by atoms with van der Waals surface area (Å²) in [6, 6.07) is 0. The number of hydrogen-bond acceptors (Lipinski definition) is 0. The maximum atomic E-state index is 2.50. The van der Waals surface area contributed by atoms with Gasteiger partial charge >= 0.3 is 0 Å². The summed E-state index contributed by atoms with van der Waals surface area (Å²) in [6.07, 6.45) is 4.81. The van der Waals surface area contributed by atoms with Crippen LogP contribution in [-0.2, 0) is 0 Å². The maximum absolute atomic E-state index is 2.50. The molecular formula is C11H16. The first kappa shape index (κ1) is 5.61. The zero-order valence-corrected chi connectivity index (χ0v) is 7.16. The molecule has 0 aliphatic heterocycles. The van der Waals surface area contributed by atoms with E-state index in [9.17, 15) is 0 Å². The van der Waals surface area contributed by atoms with Crippen molar-refractivity contribution in [2.24, 2.45) is 41.4 Å². The van der Waals surface area contributed by atoms with Gasteiger partial charge in [0.2, 0.25) is 0 Å². The number of rotatable bonds is 0. The molecule has 0 aromatic rings. The van der Waals surface area contributed by atoms with Gasteiger partial charge in [-0.05, 0) is 60.7 Å². The van der Waals surface area contributed by atoms with Crippen molar-refractivity contribution < 1.29 is 0 Å². The third-order valence-corrected chi connectivity index (χ3v) is 5.42. The van der Waals surface area contributed by atoms with Crippen molar-refractivity contribution in [2.45, 2.75) is 26.2 Å². The average molecular weight is 148 g/mol. The first-order valence-electron chi connectivity index (χ1n) is 5.38. The summed E-state index contributed by atoms with van der Waals surface area (Å²) < 4.78 is 0. The molecule has 0 aromatic heterocycles. The largest absolute Gasteiger partial charge is 0.0622 e. The molecule has 0 nitrogen and oxygen atoms in total. The highest BCUT2D eigenvalue weighted by atomic mass is 14.8. The summed E-state index contributed by atoms with van der Waals surface area (Å²) in [5, 5.41) is 0. The standard InChI is InChI=1S/C11H16/c1-5-4-8-6-2-3-7(6)10-9(5)11(8)10/h5-11H,2-4H2,1H3. The molecule has 60 valence electrons. The van der Waals surface area contributed by atoms with Crippen LogP contribution in [0, 0.1) is 41.4 Å². The summed E-state index contributed by atoms with van der Waals surface area (Å²) in [5.74, 6) is 8.53. The van der Waals surface area contributed by atoms with Crippen molar-refractivity contribution in [3.63, 3.8) is 0 Å². The monoisotopic (exact) mass is 148 g/mol. The van der Waals surface area contributed by atoms with Crippen molar-refractivity contribution >= 4 is 0 Å². The summed E-state index contributed by atoms with van der Waals surface area (Å²) in [5.41, 5.74) is 0. The minimum absolute atomic E-state index is 1.11. The Hall–Kier alpha value is 0. The van der Waals surface area contributed by atoms with E-state index in [4.69, 9.17) is 0 Å². The van der Waals surface area contributed by atoms with Crippen molar-refractivity contribution in [1.82, 2.24) is 0 Å². The van der Waals surface area contributed by atoms with Gasteiger partial charge in [-0.3, -0.25) is 0 Å². The first-order chi connectivity index (χ1) is 5.38. The van der Waals surface area contributed by atoms with Crippen LogP contribution in [0.5, 0.6) is 0 Å². The van der Waals surface area contributed by atoms with Gasteiger partial charge in [0, 0.05) is 0 Å². The number of fused-ring (bicyclic) bond motifs is 4. The van der Waals surface area contributed by atoms with E-state index in [1.54, 1.807) is 19.3 Å². The van der Waals surface area contributed by atoms with Gasteiger partial charge in [-0.1, -0.05) is 6.92 Å². The van der Waals surface area contributed by atoms with Crippen molar-refractivity contribution in [2.75, 3.05) is 0 Å². The fraction of sp³-hybridized carbons (Fsp3) is 1.00. The molecule has 7 unspecified atom stereocenters. The van der Waals surface area contributed by atoms with Crippen LogP contribution >= 0.6 is 0 Å². The van der Waals surface area contributed by atoms with Crippen LogP contribution in [0.25, 0.3) is 0 Å². The van der Waals surface area contributed by atoms with E-state index >= 15 is 0 Å². The third kappa shape index (κ3) is 0.421. The van der Waals surface area contributed by atoms with Gasteiger partial charge in [-0.15, -0.1) is 0 Å². The Morgan fingerprint density at radius 2 is 1.55 bits per heavy atom. The lowest BCUT2D eigenvalue weighted by Gasteiger charge is -2.35. The van der Waals surface area contributed by atoms with Crippen LogP contribution < -0.4 is 0 Å². The Labute approximate surface area is 68.4 Å². The zero-order chi connectivity index (χ0) is 7.16. The Morgan fingerprint density at radius 3 is 2.18 bits per heavy atom.